The van der Waals surface area contributed by atoms with Gasteiger partial charge in [0.15, 0.2) is 0 Å². The van der Waals surface area contributed by atoms with E-state index in [4.69, 9.17) is 10.00 Å². The lowest BCUT2D eigenvalue weighted by Gasteiger charge is -2.09. The molecule has 0 saturated carbocycles. The Labute approximate surface area is 104 Å². The molecule has 0 radical (unpaired) electrons. The topological polar surface area (TPSA) is 93.2 Å². The fraction of sp³-hybridized carbons (Fsp3) is 0.333. The zero-order valence-electron chi connectivity index (χ0n) is 10.0. The van der Waals surface area contributed by atoms with Gasteiger partial charge in [-0.3, -0.25) is 10.1 Å². The van der Waals surface area contributed by atoms with Crippen molar-refractivity contribution in [3.05, 3.63) is 39.4 Å². The van der Waals surface area contributed by atoms with Gasteiger partial charge in [-0.25, -0.2) is 4.79 Å². The average Bonchev–Trinajstić information content (AvgIpc) is 2.37. The summed E-state index contributed by atoms with van der Waals surface area (Å²) < 4.78 is 4.83. The van der Waals surface area contributed by atoms with Crippen LogP contribution in [-0.2, 0) is 4.74 Å². The summed E-state index contributed by atoms with van der Waals surface area (Å²) in [6.45, 7) is 3.43. The van der Waals surface area contributed by atoms with Gasteiger partial charge in [-0.1, -0.05) is 6.07 Å². The van der Waals surface area contributed by atoms with Gasteiger partial charge in [-0.15, -0.1) is 0 Å². The number of ether oxygens (including phenoxy) is 1. The van der Waals surface area contributed by atoms with Crippen molar-refractivity contribution in [1.82, 2.24) is 0 Å². The van der Waals surface area contributed by atoms with Crippen LogP contribution in [0.4, 0.5) is 5.69 Å². The molecule has 0 spiro atoms. The minimum Gasteiger partial charge on any atom is -0.462 e. The Morgan fingerprint density at radius 1 is 1.61 bits per heavy atom. The lowest BCUT2D eigenvalue weighted by Crippen LogP contribution is -2.10. The molecule has 18 heavy (non-hydrogen) atoms. The molecule has 0 amide bonds. The van der Waals surface area contributed by atoms with E-state index < -0.39 is 16.8 Å². The van der Waals surface area contributed by atoms with E-state index in [-0.39, 0.29) is 17.9 Å². The highest BCUT2D eigenvalue weighted by Gasteiger charge is 2.20. The Bertz CT molecular complexity index is 519. The van der Waals surface area contributed by atoms with Crippen molar-refractivity contribution in [1.29, 1.82) is 5.26 Å². The quantitative estimate of drug-likeness (QED) is 0.463. The minimum absolute atomic E-state index is 0.0695. The SMILES string of the molecule is CCOC(=O)c1cc([N+](=O)[O-])ccc1C(C)C#N. The molecule has 94 valence electrons. The normalized spacial score (nSPS) is 11.4. The van der Waals surface area contributed by atoms with Crippen LogP contribution in [0.25, 0.3) is 0 Å². The van der Waals surface area contributed by atoms with E-state index in [1.165, 1.54) is 12.1 Å². The third-order valence-electron chi connectivity index (χ3n) is 2.40. The van der Waals surface area contributed by atoms with Crippen LogP contribution in [0.3, 0.4) is 0 Å². The molecule has 0 N–H and O–H groups in total. The molecule has 1 aromatic carbocycles. The van der Waals surface area contributed by atoms with Crippen molar-refractivity contribution in [2.24, 2.45) is 0 Å². The molecule has 6 nitrogen and oxygen atoms in total. The maximum Gasteiger partial charge on any atom is 0.338 e. The molecule has 0 aliphatic heterocycles. The summed E-state index contributed by atoms with van der Waals surface area (Å²) in [5.41, 5.74) is 0.300. The molecule has 1 unspecified atom stereocenters. The van der Waals surface area contributed by atoms with Crippen LogP contribution < -0.4 is 0 Å². The second kappa shape index (κ2) is 5.77. The molecule has 0 aromatic heterocycles. The Hall–Kier alpha value is -2.42. The smallest absolute Gasteiger partial charge is 0.338 e. The highest BCUT2D eigenvalue weighted by Crippen LogP contribution is 2.24. The van der Waals surface area contributed by atoms with Gasteiger partial charge in [0.05, 0.1) is 29.1 Å². The molecular formula is C12H12N2O4. The number of carbonyl (C=O) groups excluding carboxylic acids is 1. The van der Waals surface area contributed by atoms with Crippen LogP contribution >= 0.6 is 0 Å². The predicted octanol–water partition coefficient (Wildman–Crippen LogP) is 2.40. The Morgan fingerprint density at radius 2 is 2.28 bits per heavy atom. The lowest BCUT2D eigenvalue weighted by atomic mass is 9.96. The predicted molar refractivity (Wildman–Crippen MR) is 63.1 cm³/mol. The van der Waals surface area contributed by atoms with Gasteiger partial charge in [0.1, 0.15) is 0 Å². The zero-order chi connectivity index (χ0) is 13.7. The van der Waals surface area contributed by atoms with E-state index in [0.717, 1.165) is 6.07 Å². The maximum absolute atomic E-state index is 11.7. The van der Waals surface area contributed by atoms with Gasteiger partial charge in [-0.2, -0.15) is 5.26 Å². The summed E-state index contributed by atoms with van der Waals surface area (Å²) in [5, 5.41) is 19.5. The number of non-ortho nitro benzene ring substituents is 1. The molecule has 1 rings (SSSR count). The van der Waals surface area contributed by atoms with E-state index in [2.05, 4.69) is 0 Å². The van der Waals surface area contributed by atoms with Gasteiger partial charge in [-0.05, 0) is 19.4 Å². The van der Waals surface area contributed by atoms with Crippen molar-refractivity contribution < 1.29 is 14.5 Å². The Balaban J connectivity index is 3.31. The Morgan fingerprint density at radius 3 is 2.78 bits per heavy atom. The van der Waals surface area contributed by atoms with Crippen molar-refractivity contribution in [2.45, 2.75) is 19.8 Å². The monoisotopic (exact) mass is 248 g/mol. The maximum atomic E-state index is 11.7. The molecule has 0 saturated heterocycles. The van der Waals surface area contributed by atoms with E-state index >= 15 is 0 Å². The molecule has 0 aliphatic rings. The first-order chi connectivity index (χ1) is 8.51. The number of hydrogen-bond donors (Lipinski definition) is 0. The van der Waals surface area contributed by atoms with Gasteiger partial charge in [0, 0.05) is 12.1 Å². The van der Waals surface area contributed by atoms with Gasteiger partial charge < -0.3 is 4.74 Å². The summed E-state index contributed by atoms with van der Waals surface area (Å²) in [5.74, 6) is -1.19. The lowest BCUT2D eigenvalue weighted by molar-refractivity contribution is -0.384. The van der Waals surface area contributed by atoms with Gasteiger partial charge in [0.2, 0.25) is 0 Å². The zero-order valence-corrected chi connectivity index (χ0v) is 10.0. The molecule has 0 fully saturated rings. The summed E-state index contributed by atoms with van der Waals surface area (Å²) in [6, 6.07) is 5.81. The highest BCUT2D eigenvalue weighted by atomic mass is 16.6. The van der Waals surface area contributed by atoms with Crippen LogP contribution in [0, 0.1) is 21.4 Å². The van der Waals surface area contributed by atoms with Gasteiger partial charge >= 0.3 is 5.97 Å². The number of nitriles is 1. The largest absolute Gasteiger partial charge is 0.462 e. The number of carbonyl (C=O) groups is 1. The van der Waals surface area contributed by atoms with Crippen LogP contribution in [-0.4, -0.2) is 17.5 Å². The van der Waals surface area contributed by atoms with Crippen LogP contribution in [0.1, 0.15) is 35.7 Å². The number of hydrogen-bond acceptors (Lipinski definition) is 5. The first kappa shape index (κ1) is 13.6. The number of esters is 1. The average molecular weight is 248 g/mol. The second-order valence-corrected chi connectivity index (χ2v) is 3.60. The summed E-state index contributed by atoms with van der Waals surface area (Å²) in [4.78, 5) is 21.8. The molecule has 0 bridgehead atoms. The fourth-order valence-corrected chi connectivity index (χ4v) is 1.49. The molecule has 1 atom stereocenters. The minimum atomic E-state index is -0.654. The standard InChI is InChI=1S/C12H12N2O4/c1-3-18-12(15)11-6-9(14(16)17)4-5-10(11)8(2)7-13/h4-6,8H,3H2,1-2H3. The summed E-state index contributed by atoms with van der Waals surface area (Å²) in [7, 11) is 0. The molecule has 0 heterocycles. The van der Waals surface area contributed by atoms with E-state index in [1.807, 2.05) is 6.07 Å². The third kappa shape index (κ3) is 2.83. The van der Waals surface area contributed by atoms with Crippen LogP contribution in [0.5, 0.6) is 0 Å². The van der Waals surface area contributed by atoms with Crippen LogP contribution in [0.2, 0.25) is 0 Å². The molecule has 0 aliphatic carbocycles. The first-order valence-electron chi connectivity index (χ1n) is 5.36. The van der Waals surface area contributed by atoms with Crippen molar-refractivity contribution >= 4 is 11.7 Å². The van der Waals surface area contributed by atoms with Crippen molar-refractivity contribution in [2.75, 3.05) is 6.61 Å². The van der Waals surface area contributed by atoms with E-state index in [0.29, 0.717) is 5.56 Å². The van der Waals surface area contributed by atoms with Gasteiger partial charge in [0.25, 0.3) is 5.69 Å². The van der Waals surface area contributed by atoms with E-state index in [9.17, 15) is 14.9 Å². The summed E-state index contributed by atoms with van der Waals surface area (Å²) in [6.07, 6.45) is 0. The second-order valence-electron chi connectivity index (χ2n) is 3.60. The number of benzene rings is 1. The molecular weight excluding hydrogens is 236 g/mol. The molecule has 1 aromatic rings. The van der Waals surface area contributed by atoms with Crippen molar-refractivity contribution in [3.8, 4) is 6.07 Å². The molecule has 6 heteroatoms. The van der Waals surface area contributed by atoms with Crippen LogP contribution in [0.15, 0.2) is 18.2 Å². The number of rotatable bonds is 4. The highest BCUT2D eigenvalue weighted by molar-refractivity contribution is 5.92. The fourth-order valence-electron chi connectivity index (χ4n) is 1.49. The third-order valence-corrected chi connectivity index (χ3v) is 2.40. The Kier molecular flexibility index (Phi) is 4.38. The number of nitro groups is 1. The first-order valence-corrected chi connectivity index (χ1v) is 5.36. The number of nitro benzene ring substituents is 1. The number of nitrogens with zero attached hydrogens (tertiary/aromatic N) is 2. The summed E-state index contributed by atoms with van der Waals surface area (Å²) >= 11 is 0. The van der Waals surface area contributed by atoms with E-state index in [1.54, 1.807) is 13.8 Å². The van der Waals surface area contributed by atoms with Crippen molar-refractivity contribution in [3.63, 3.8) is 0 Å².